The molecule has 1 aliphatic heterocycles. The van der Waals surface area contributed by atoms with Gasteiger partial charge in [-0.25, -0.2) is 0 Å². The topological polar surface area (TPSA) is 76.7 Å². The normalized spacial score (nSPS) is 13.1. The Balaban J connectivity index is 1.95. The number of unbranched alkanes of at least 4 members (excludes halogenated alkanes) is 10. The summed E-state index contributed by atoms with van der Waals surface area (Å²) in [5.41, 5.74) is 1.29. The van der Waals surface area contributed by atoms with Gasteiger partial charge in [0.25, 0.3) is 0 Å². The van der Waals surface area contributed by atoms with E-state index in [-0.39, 0.29) is 25.0 Å². The summed E-state index contributed by atoms with van der Waals surface area (Å²) in [6.07, 6.45) is 17.2. The van der Waals surface area contributed by atoms with E-state index in [1.807, 2.05) is 6.07 Å². The number of ether oxygens (including phenoxy) is 2. The van der Waals surface area contributed by atoms with Crippen molar-refractivity contribution in [2.24, 2.45) is 0 Å². The van der Waals surface area contributed by atoms with Crippen molar-refractivity contribution in [3.8, 4) is 11.5 Å². The maximum atomic E-state index is 12.7. The first-order valence-corrected chi connectivity index (χ1v) is 14.4. The molecule has 0 bridgehead atoms. The molecule has 2 rings (SSSR count). The maximum Gasteiger partial charge on any atom is 0.243 e. The molecule has 0 saturated carbocycles. The Morgan fingerprint density at radius 3 is 2.08 bits per heavy atom. The molecule has 0 fully saturated rings. The van der Waals surface area contributed by atoms with Gasteiger partial charge >= 0.3 is 0 Å². The van der Waals surface area contributed by atoms with E-state index in [9.17, 15) is 9.59 Å². The van der Waals surface area contributed by atoms with E-state index in [1.54, 1.807) is 18.2 Å². The summed E-state index contributed by atoms with van der Waals surface area (Å²) < 4.78 is 10.9. The number of hydrogen-bond donors (Lipinski definition) is 2. The molecule has 37 heavy (non-hydrogen) atoms. The number of fused-ring (bicyclic) bond motifs is 1. The van der Waals surface area contributed by atoms with Gasteiger partial charge in [-0.3, -0.25) is 9.59 Å². The van der Waals surface area contributed by atoms with Gasteiger partial charge in [-0.2, -0.15) is 0 Å². The monoisotopic (exact) mass is 532 g/mol. The van der Waals surface area contributed by atoms with Crippen molar-refractivity contribution < 1.29 is 19.1 Å². The molecule has 1 aliphatic rings. The molecular formula is C30H45ClN2O4. The quantitative estimate of drug-likeness (QED) is 0.112. The summed E-state index contributed by atoms with van der Waals surface area (Å²) in [5, 5.41) is 6.33. The molecule has 0 aromatic heterocycles. The molecule has 7 heteroatoms. The van der Waals surface area contributed by atoms with Crippen LogP contribution in [0.25, 0.3) is 5.03 Å². The second-order valence-corrected chi connectivity index (χ2v) is 9.97. The molecule has 1 heterocycles. The fourth-order valence-corrected chi connectivity index (χ4v) is 4.40. The number of allylic oxidation sites excluding steroid dienone is 1. The summed E-state index contributed by atoms with van der Waals surface area (Å²) >= 11 is 6.74. The van der Waals surface area contributed by atoms with Gasteiger partial charge < -0.3 is 20.1 Å². The summed E-state index contributed by atoms with van der Waals surface area (Å²) in [4.78, 5) is 25.1. The van der Waals surface area contributed by atoms with Crippen LogP contribution in [0.5, 0.6) is 11.5 Å². The number of hydrogen-bond acceptors (Lipinski definition) is 4. The molecule has 0 spiro atoms. The molecule has 1 aromatic rings. The smallest absolute Gasteiger partial charge is 0.243 e. The number of benzene rings is 1. The highest BCUT2D eigenvalue weighted by Gasteiger charge is 2.16. The van der Waals surface area contributed by atoms with Crippen LogP contribution >= 0.6 is 11.6 Å². The lowest BCUT2D eigenvalue weighted by Crippen LogP contribution is -2.25. The third kappa shape index (κ3) is 12.6. The van der Waals surface area contributed by atoms with Crippen molar-refractivity contribution in [1.82, 2.24) is 10.6 Å². The summed E-state index contributed by atoms with van der Waals surface area (Å²) in [5.74, 6) is 0.979. The number of nitrogens with one attached hydrogen (secondary N) is 2. The van der Waals surface area contributed by atoms with Crippen molar-refractivity contribution in [3.05, 3.63) is 41.5 Å². The van der Waals surface area contributed by atoms with Gasteiger partial charge in [0.1, 0.15) is 0 Å². The molecule has 2 N–H and O–H groups in total. The summed E-state index contributed by atoms with van der Waals surface area (Å²) in [7, 11) is 0. The molecule has 0 radical (unpaired) electrons. The molecule has 2 amide bonds. The molecule has 1 aromatic carbocycles. The zero-order chi connectivity index (χ0) is 26.7. The summed E-state index contributed by atoms with van der Waals surface area (Å²) in [6.45, 7) is 5.86. The molecule has 0 atom stereocenters. The van der Waals surface area contributed by atoms with E-state index >= 15 is 0 Å². The Morgan fingerprint density at radius 1 is 0.811 bits per heavy atom. The van der Waals surface area contributed by atoms with Crippen molar-refractivity contribution in [1.29, 1.82) is 0 Å². The highest BCUT2D eigenvalue weighted by molar-refractivity contribution is 6.49. The Kier molecular flexibility index (Phi) is 15.6. The third-order valence-electron chi connectivity index (χ3n) is 6.38. The number of carbonyl (C=O) groups is 2. The van der Waals surface area contributed by atoms with Crippen LogP contribution in [-0.2, 0) is 9.59 Å². The van der Waals surface area contributed by atoms with E-state index in [2.05, 4.69) is 24.5 Å². The summed E-state index contributed by atoms with van der Waals surface area (Å²) in [6, 6.07) is 5.43. The second kappa shape index (κ2) is 18.7. The average Bonchev–Trinajstić information content (AvgIpc) is 3.37. The molecular weight excluding hydrogens is 488 g/mol. The largest absolute Gasteiger partial charge is 0.454 e. The molecule has 206 valence electrons. The van der Waals surface area contributed by atoms with Gasteiger partial charge in [0.2, 0.25) is 18.6 Å². The average molecular weight is 533 g/mol. The van der Waals surface area contributed by atoms with E-state index in [0.717, 1.165) is 25.7 Å². The minimum absolute atomic E-state index is 0.0876. The Labute approximate surface area is 228 Å². The Morgan fingerprint density at radius 2 is 1.41 bits per heavy atom. The van der Waals surface area contributed by atoms with E-state index in [0.29, 0.717) is 40.8 Å². The van der Waals surface area contributed by atoms with Gasteiger partial charge in [-0.1, -0.05) is 95.7 Å². The fraction of sp³-hybridized carbons (Fsp3) is 0.600. The van der Waals surface area contributed by atoms with Crippen LogP contribution in [-0.4, -0.2) is 31.7 Å². The van der Waals surface area contributed by atoms with Crippen LogP contribution in [0, 0.1) is 0 Å². The number of amides is 2. The third-order valence-corrected chi connectivity index (χ3v) is 6.84. The fourth-order valence-electron chi connectivity index (χ4n) is 4.15. The molecule has 0 unspecified atom stereocenters. The van der Waals surface area contributed by atoms with Crippen LogP contribution < -0.4 is 20.1 Å². The van der Waals surface area contributed by atoms with Crippen molar-refractivity contribution in [2.45, 2.75) is 97.3 Å². The zero-order valence-corrected chi connectivity index (χ0v) is 23.5. The van der Waals surface area contributed by atoms with Crippen LogP contribution in [0.2, 0.25) is 0 Å². The first kappa shape index (κ1) is 30.8. The lowest BCUT2D eigenvalue weighted by molar-refractivity contribution is -0.120. The predicted molar refractivity (Wildman–Crippen MR) is 152 cm³/mol. The van der Waals surface area contributed by atoms with E-state index in [4.69, 9.17) is 21.1 Å². The van der Waals surface area contributed by atoms with Gasteiger partial charge in [-0.05, 0) is 42.2 Å². The Bertz CT molecular complexity index is 898. The van der Waals surface area contributed by atoms with Crippen LogP contribution in [0.1, 0.15) is 103 Å². The zero-order valence-electron chi connectivity index (χ0n) is 22.7. The standard InChI is InChI=1S/C30H45ClN2O4/c1-3-5-7-9-11-13-19-32-28(34)18-16-25(22-29(35)33-20-14-12-10-8-6-4-2)30(31)24-15-17-26-27(21-24)37-23-36-26/h15-18,21H,3-14,19-20,22-23H2,1-2H3,(H,32,34)(H,33,35)/b18-16+,30-25-. The van der Waals surface area contributed by atoms with E-state index < -0.39 is 0 Å². The minimum Gasteiger partial charge on any atom is -0.454 e. The van der Waals surface area contributed by atoms with Crippen molar-refractivity contribution in [3.63, 3.8) is 0 Å². The second-order valence-electron chi connectivity index (χ2n) is 9.59. The van der Waals surface area contributed by atoms with Crippen LogP contribution in [0.15, 0.2) is 35.9 Å². The Hall–Kier alpha value is -2.47. The predicted octanol–water partition coefficient (Wildman–Crippen LogP) is 7.26. The lowest BCUT2D eigenvalue weighted by Gasteiger charge is -2.10. The van der Waals surface area contributed by atoms with Crippen LogP contribution in [0.4, 0.5) is 0 Å². The first-order valence-electron chi connectivity index (χ1n) is 14.1. The maximum absolute atomic E-state index is 12.7. The number of halogens is 1. The minimum atomic E-state index is -0.186. The van der Waals surface area contributed by atoms with Gasteiger partial charge in [0, 0.05) is 19.2 Å². The number of rotatable bonds is 19. The number of carbonyl (C=O) groups excluding carboxylic acids is 2. The van der Waals surface area contributed by atoms with Crippen molar-refractivity contribution in [2.75, 3.05) is 19.9 Å². The molecule has 6 nitrogen and oxygen atoms in total. The molecule has 0 aliphatic carbocycles. The first-order chi connectivity index (χ1) is 18.0. The lowest BCUT2D eigenvalue weighted by atomic mass is 10.1. The van der Waals surface area contributed by atoms with E-state index in [1.165, 1.54) is 57.4 Å². The molecule has 0 saturated heterocycles. The highest BCUT2D eigenvalue weighted by atomic mass is 35.5. The van der Waals surface area contributed by atoms with Gasteiger partial charge in [0.05, 0.1) is 11.5 Å². The van der Waals surface area contributed by atoms with Crippen molar-refractivity contribution >= 4 is 28.4 Å². The van der Waals surface area contributed by atoms with Gasteiger partial charge in [-0.15, -0.1) is 0 Å². The van der Waals surface area contributed by atoms with Gasteiger partial charge in [0.15, 0.2) is 11.5 Å². The van der Waals surface area contributed by atoms with Crippen LogP contribution in [0.3, 0.4) is 0 Å². The highest BCUT2D eigenvalue weighted by Crippen LogP contribution is 2.36. The SMILES string of the molecule is CCCCCCCCNC(=O)/C=C/C(CC(=O)NCCCCCCCC)=C(/Cl)c1ccc2c(c1)OCO2.